The maximum Gasteiger partial charge on any atom is 0.433 e. The van der Waals surface area contributed by atoms with Crippen LogP contribution < -0.4 is 0 Å². The first-order chi connectivity index (χ1) is 24.0. The normalized spacial score (nSPS) is 21.8. The van der Waals surface area contributed by atoms with E-state index in [1.165, 1.54) is 32.2 Å². The van der Waals surface area contributed by atoms with Gasteiger partial charge in [-0.15, -0.1) is 11.3 Å². The molecule has 3 aromatic rings. The Bertz CT molecular complexity index is 1940. The number of nitrogens with zero attached hydrogens (tertiary/aromatic N) is 5. The lowest BCUT2D eigenvalue weighted by atomic mass is 9.93. The van der Waals surface area contributed by atoms with Crippen molar-refractivity contribution in [1.82, 2.24) is 24.7 Å². The number of aromatic nitrogens is 2. The Morgan fingerprint density at radius 1 is 0.962 bits per heavy atom. The number of ether oxygens (including phenoxy) is 2. The van der Waals surface area contributed by atoms with Gasteiger partial charge in [0.15, 0.2) is 0 Å². The quantitative estimate of drug-likeness (QED) is 0.251. The first-order valence-electron chi connectivity index (χ1n) is 17.2. The summed E-state index contributed by atoms with van der Waals surface area (Å²) in [5, 5.41) is 0. The van der Waals surface area contributed by atoms with Gasteiger partial charge in [-0.25, -0.2) is 14.6 Å². The Hall–Kier alpha value is -4.27. The summed E-state index contributed by atoms with van der Waals surface area (Å²) in [4.78, 5) is 66.4. The number of hydrogen-bond acceptors (Lipinski definition) is 9. The third-order valence-corrected chi connectivity index (χ3v) is 10.9. The van der Waals surface area contributed by atoms with Gasteiger partial charge in [0.2, 0.25) is 11.8 Å². The van der Waals surface area contributed by atoms with Crippen LogP contribution in [0, 0.1) is 24.2 Å². The third-order valence-electron chi connectivity index (χ3n) is 9.76. The van der Waals surface area contributed by atoms with E-state index >= 15 is 0 Å². The highest BCUT2D eigenvalue weighted by molar-refractivity contribution is 7.19. The fourth-order valence-electron chi connectivity index (χ4n) is 7.21. The number of thiophene rings is 1. The zero-order valence-corrected chi connectivity index (χ0v) is 31.6. The van der Waals surface area contributed by atoms with E-state index in [0.717, 1.165) is 6.07 Å². The molecule has 3 fully saturated rings. The average molecular weight is 744 g/mol. The number of aryl methyl sites for hydroxylation is 1. The number of piperidine rings is 1. The van der Waals surface area contributed by atoms with E-state index in [1.54, 1.807) is 60.6 Å². The highest BCUT2D eigenvalue weighted by atomic mass is 32.1. The first kappa shape index (κ1) is 37.5. The molecule has 0 spiro atoms. The van der Waals surface area contributed by atoms with Gasteiger partial charge in [0.25, 0.3) is 0 Å². The van der Waals surface area contributed by atoms with Crippen molar-refractivity contribution in [1.29, 1.82) is 0 Å². The van der Waals surface area contributed by atoms with Gasteiger partial charge in [-0.05, 0) is 89.6 Å². The van der Waals surface area contributed by atoms with E-state index in [2.05, 4.69) is 9.97 Å². The zero-order valence-electron chi connectivity index (χ0n) is 30.8. The fourth-order valence-corrected chi connectivity index (χ4v) is 8.33. The summed E-state index contributed by atoms with van der Waals surface area (Å²) < 4.78 is 54.7. The number of pyridine rings is 2. The van der Waals surface area contributed by atoms with E-state index in [0.29, 0.717) is 31.8 Å². The van der Waals surface area contributed by atoms with E-state index in [4.69, 9.17) is 9.47 Å². The van der Waals surface area contributed by atoms with Crippen molar-refractivity contribution in [3.63, 3.8) is 0 Å². The molecule has 0 radical (unpaired) electrons. The van der Waals surface area contributed by atoms with Gasteiger partial charge in [0, 0.05) is 36.3 Å². The minimum atomic E-state index is -4.75. The van der Waals surface area contributed by atoms with Crippen LogP contribution in [0.25, 0.3) is 21.5 Å². The van der Waals surface area contributed by atoms with Crippen molar-refractivity contribution < 1.29 is 41.8 Å². The highest BCUT2D eigenvalue weighted by Crippen LogP contribution is 2.63. The molecule has 5 heterocycles. The summed E-state index contributed by atoms with van der Waals surface area (Å²) in [5.74, 6) is -1.11. The number of carbonyl (C=O) groups is 4. The van der Waals surface area contributed by atoms with Crippen molar-refractivity contribution in [2.45, 2.75) is 98.7 Å². The SMILES string of the molecule is Cc1cc(C(F)(F)F)nc(-c2ccnc3cc(CN4C(=O)C5C(C4=O)C5(C)C)sc23)c1CC1CN(C(=O)OC(C)(C)C)CCN1C(=O)OC(C)(C)C. The molecule has 11 nitrogen and oxygen atoms in total. The van der Waals surface area contributed by atoms with Crippen molar-refractivity contribution in [3.05, 3.63) is 46.1 Å². The molecule has 2 saturated heterocycles. The fraction of sp³-hybridized carbons (Fsp3) is 0.568. The first-order valence-corrected chi connectivity index (χ1v) is 18.1. The van der Waals surface area contributed by atoms with Crippen molar-refractivity contribution in [2.75, 3.05) is 19.6 Å². The third kappa shape index (κ3) is 7.20. The Labute approximate surface area is 304 Å². The lowest BCUT2D eigenvalue weighted by Gasteiger charge is -2.42. The molecular weight excluding hydrogens is 699 g/mol. The molecule has 0 aromatic carbocycles. The largest absolute Gasteiger partial charge is 0.444 e. The van der Waals surface area contributed by atoms with Crippen molar-refractivity contribution in [2.24, 2.45) is 17.3 Å². The molecule has 0 bridgehead atoms. The molecule has 1 aliphatic carbocycles. The Morgan fingerprint density at radius 3 is 2.17 bits per heavy atom. The van der Waals surface area contributed by atoms with Gasteiger partial charge in [-0.3, -0.25) is 19.5 Å². The zero-order chi connectivity index (χ0) is 38.3. The van der Waals surface area contributed by atoms with E-state index in [-0.39, 0.29) is 67.4 Å². The number of hydrogen-bond donors (Lipinski definition) is 0. The molecule has 0 N–H and O–H groups in total. The Morgan fingerprint density at radius 2 is 1.58 bits per heavy atom. The summed E-state index contributed by atoms with van der Waals surface area (Å²) in [6, 6.07) is 3.62. The van der Waals surface area contributed by atoms with Crippen LogP contribution in [0.2, 0.25) is 0 Å². The van der Waals surface area contributed by atoms with Crippen LogP contribution >= 0.6 is 11.3 Å². The van der Waals surface area contributed by atoms with E-state index in [1.807, 2.05) is 13.8 Å². The molecular formula is C37H44F3N5O6S. The topological polar surface area (TPSA) is 122 Å². The van der Waals surface area contributed by atoms with E-state index < -0.39 is 41.3 Å². The molecule has 1 saturated carbocycles. The van der Waals surface area contributed by atoms with Crippen molar-refractivity contribution in [3.8, 4) is 11.3 Å². The van der Waals surface area contributed by atoms with Gasteiger partial charge in [-0.1, -0.05) is 13.8 Å². The second-order valence-electron chi connectivity index (χ2n) is 16.4. The standard InChI is InChI=1S/C37H44F3N5O6S/c1-19-14-25(37(38,39)40)42-28(22-10-11-41-24-16-21(52-29(22)24)18-45-30(46)26-27(31(45)47)36(26,8)9)23(19)15-20-17-43(32(48)50-34(2,3)4)12-13-44(20)33(49)51-35(5,6)7/h10-11,14,16,20,26-27H,12-13,15,17-18H2,1-9H3. The van der Waals surface area contributed by atoms with Gasteiger partial charge in [0.05, 0.1) is 40.3 Å². The van der Waals surface area contributed by atoms with Gasteiger partial charge < -0.3 is 19.3 Å². The monoisotopic (exact) mass is 743 g/mol. The lowest BCUT2D eigenvalue weighted by molar-refractivity contribution is -0.144. The van der Waals surface area contributed by atoms with Crippen LogP contribution in [0.5, 0.6) is 0 Å². The van der Waals surface area contributed by atoms with Crippen LogP contribution in [0.1, 0.15) is 77.1 Å². The second-order valence-corrected chi connectivity index (χ2v) is 17.6. The molecule has 3 atom stereocenters. The number of piperazine rings is 1. The summed E-state index contributed by atoms with van der Waals surface area (Å²) in [5.41, 5.74) is -1.35. The number of halogens is 3. The number of imide groups is 1. The maximum absolute atomic E-state index is 14.3. The van der Waals surface area contributed by atoms with E-state index in [9.17, 15) is 32.3 Å². The molecule has 15 heteroatoms. The molecule has 3 unspecified atom stereocenters. The molecule has 6 rings (SSSR count). The van der Waals surface area contributed by atoms with Crippen LogP contribution in [0.15, 0.2) is 24.4 Å². The maximum atomic E-state index is 14.3. The lowest BCUT2D eigenvalue weighted by Crippen LogP contribution is -2.58. The van der Waals surface area contributed by atoms with Gasteiger partial charge in [-0.2, -0.15) is 13.2 Å². The van der Waals surface area contributed by atoms with Crippen LogP contribution in [0.3, 0.4) is 0 Å². The number of likely N-dealkylation sites (tertiary alicyclic amines) is 1. The summed E-state index contributed by atoms with van der Waals surface area (Å²) in [7, 11) is 0. The molecule has 2 aliphatic heterocycles. The van der Waals surface area contributed by atoms with Gasteiger partial charge >= 0.3 is 18.4 Å². The highest BCUT2D eigenvalue weighted by Gasteiger charge is 2.72. The minimum absolute atomic E-state index is 0.0382. The molecule has 280 valence electrons. The van der Waals surface area contributed by atoms with Gasteiger partial charge in [0.1, 0.15) is 16.9 Å². The molecule has 3 aromatic heterocycles. The Kier molecular flexibility index (Phi) is 9.15. The molecule has 3 aliphatic rings. The average Bonchev–Trinajstić information content (AvgIpc) is 3.23. The number of rotatable bonds is 5. The Balaban J connectivity index is 1.40. The second kappa shape index (κ2) is 12.7. The summed E-state index contributed by atoms with van der Waals surface area (Å²) in [6.07, 6.45) is -4.40. The number of fused-ring (bicyclic) bond motifs is 2. The number of carbonyl (C=O) groups excluding carboxylic acids is 4. The summed E-state index contributed by atoms with van der Waals surface area (Å²) in [6.45, 7) is 16.2. The number of alkyl halides is 3. The molecule has 4 amide bonds. The van der Waals surface area contributed by atoms with Crippen LogP contribution in [-0.4, -0.2) is 85.5 Å². The molecule has 52 heavy (non-hydrogen) atoms. The number of amides is 4. The van der Waals surface area contributed by atoms with Crippen molar-refractivity contribution >= 4 is 45.6 Å². The summed E-state index contributed by atoms with van der Waals surface area (Å²) >= 11 is 1.24. The predicted molar refractivity (Wildman–Crippen MR) is 187 cm³/mol. The minimum Gasteiger partial charge on any atom is -0.444 e. The predicted octanol–water partition coefficient (Wildman–Crippen LogP) is 7.23. The smallest absolute Gasteiger partial charge is 0.433 e. The van der Waals surface area contributed by atoms with Crippen LogP contribution in [0.4, 0.5) is 22.8 Å². The van der Waals surface area contributed by atoms with Crippen LogP contribution in [-0.2, 0) is 38.2 Å².